The lowest BCUT2D eigenvalue weighted by Crippen LogP contribution is -1.77. The van der Waals surface area contributed by atoms with Crippen molar-refractivity contribution in [2.45, 2.75) is 4.90 Å². The number of phenols is 1. The normalized spacial score (nSPS) is 9.80. The van der Waals surface area contributed by atoms with Crippen LogP contribution in [0.2, 0.25) is 0 Å². The predicted octanol–water partition coefficient (Wildman–Crippen LogP) is 2.25. The minimum absolute atomic E-state index is 0.0321. The molecule has 1 rings (SSSR count). The van der Waals surface area contributed by atoms with E-state index in [0.29, 0.717) is 4.90 Å². The Hall–Kier alpha value is -0.700. The van der Waals surface area contributed by atoms with Crippen molar-refractivity contribution in [2.75, 3.05) is 6.26 Å². The molecule has 54 valence electrons. The van der Waals surface area contributed by atoms with Gasteiger partial charge in [-0.05, 0) is 18.4 Å². The summed E-state index contributed by atoms with van der Waals surface area (Å²) in [6, 6.07) is 4.12. The monoisotopic (exact) mass is 158 g/mol. The van der Waals surface area contributed by atoms with Crippen LogP contribution in [0.3, 0.4) is 0 Å². The maximum absolute atomic E-state index is 12.7. The smallest absolute Gasteiger partial charge is 0.140 e. The third kappa shape index (κ3) is 1.42. The molecule has 0 unspecified atom stereocenters. The van der Waals surface area contributed by atoms with E-state index in [-0.39, 0.29) is 11.6 Å². The molecule has 1 nitrogen and oxygen atoms in total. The van der Waals surface area contributed by atoms with E-state index in [9.17, 15) is 4.39 Å². The molecule has 0 heterocycles. The van der Waals surface area contributed by atoms with Gasteiger partial charge in [0.05, 0.1) is 0 Å². The van der Waals surface area contributed by atoms with Crippen LogP contribution in [0, 0.1) is 5.82 Å². The van der Waals surface area contributed by atoms with Crippen LogP contribution in [0.1, 0.15) is 0 Å². The van der Waals surface area contributed by atoms with Gasteiger partial charge >= 0.3 is 0 Å². The second-order valence-corrected chi connectivity index (χ2v) is 2.67. The van der Waals surface area contributed by atoms with Crippen molar-refractivity contribution in [1.82, 2.24) is 0 Å². The summed E-state index contributed by atoms with van der Waals surface area (Å²) in [5, 5.41) is 8.78. The minimum Gasteiger partial charge on any atom is -0.508 e. The van der Waals surface area contributed by atoms with Gasteiger partial charge in [-0.1, -0.05) is 0 Å². The van der Waals surface area contributed by atoms with Crippen molar-refractivity contribution < 1.29 is 9.50 Å². The molecule has 0 bridgehead atoms. The van der Waals surface area contributed by atoms with Gasteiger partial charge in [0, 0.05) is 11.0 Å². The number of halogens is 1. The quantitative estimate of drug-likeness (QED) is 0.632. The van der Waals surface area contributed by atoms with E-state index in [4.69, 9.17) is 5.11 Å². The van der Waals surface area contributed by atoms with Gasteiger partial charge in [-0.3, -0.25) is 0 Å². The number of hydrogen-bond donors (Lipinski definition) is 1. The Kier molecular flexibility index (Phi) is 2.17. The molecule has 0 spiro atoms. The van der Waals surface area contributed by atoms with Crippen molar-refractivity contribution in [3.8, 4) is 5.75 Å². The summed E-state index contributed by atoms with van der Waals surface area (Å²) in [4.78, 5) is 0.554. The van der Waals surface area contributed by atoms with E-state index < -0.39 is 0 Å². The second kappa shape index (κ2) is 2.92. The largest absolute Gasteiger partial charge is 0.508 e. The van der Waals surface area contributed by atoms with Crippen LogP contribution < -0.4 is 0 Å². The first-order valence-electron chi connectivity index (χ1n) is 2.76. The molecule has 3 heteroatoms. The predicted molar refractivity (Wildman–Crippen MR) is 39.8 cm³/mol. The van der Waals surface area contributed by atoms with Crippen LogP contribution in [-0.2, 0) is 0 Å². The topological polar surface area (TPSA) is 20.2 Å². The first-order chi connectivity index (χ1) is 4.74. The second-order valence-electron chi connectivity index (χ2n) is 1.82. The lowest BCUT2D eigenvalue weighted by molar-refractivity contribution is 0.466. The standard InChI is InChI=1S/C7H7FOS/c1-10-7-3-2-5(9)4-6(7)8/h2-4,9H,1H3. The highest BCUT2D eigenvalue weighted by Crippen LogP contribution is 2.22. The van der Waals surface area contributed by atoms with E-state index in [1.165, 1.54) is 17.8 Å². The summed E-state index contributed by atoms with van der Waals surface area (Å²) in [5.74, 6) is -0.400. The Morgan fingerprint density at radius 3 is 2.70 bits per heavy atom. The molecule has 1 aromatic rings. The van der Waals surface area contributed by atoms with Crippen LogP contribution in [-0.4, -0.2) is 11.4 Å². The third-order valence-electron chi connectivity index (χ3n) is 1.14. The highest BCUT2D eigenvalue weighted by molar-refractivity contribution is 7.98. The number of phenolic OH excluding ortho intramolecular Hbond substituents is 1. The highest BCUT2D eigenvalue weighted by atomic mass is 32.2. The molecule has 10 heavy (non-hydrogen) atoms. The van der Waals surface area contributed by atoms with Gasteiger partial charge < -0.3 is 5.11 Å². The third-order valence-corrected chi connectivity index (χ3v) is 1.91. The number of aromatic hydroxyl groups is 1. The molecule has 0 saturated carbocycles. The van der Waals surface area contributed by atoms with Crippen LogP contribution in [0.4, 0.5) is 4.39 Å². The summed E-state index contributed by atoms with van der Waals surface area (Å²) < 4.78 is 12.7. The van der Waals surface area contributed by atoms with Crippen molar-refractivity contribution in [3.63, 3.8) is 0 Å². The van der Waals surface area contributed by atoms with Crippen molar-refractivity contribution >= 4 is 11.8 Å². The fourth-order valence-corrected chi connectivity index (χ4v) is 1.11. The number of thioether (sulfide) groups is 1. The zero-order valence-corrected chi connectivity index (χ0v) is 6.28. The zero-order valence-electron chi connectivity index (χ0n) is 5.47. The fraction of sp³-hybridized carbons (Fsp3) is 0.143. The molecule has 1 N–H and O–H groups in total. The summed E-state index contributed by atoms with van der Waals surface area (Å²) in [5.41, 5.74) is 0. The van der Waals surface area contributed by atoms with Crippen molar-refractivity contribution in [2.24, 2.45) is 0 Å². The van der Waals surface area contributed by atoms with Crippen LogP contribution >= 0.6 is 11.8 Å². The molecule has 0 radical (unpaired) electrons. The van der Waals surface area contributed by atoms with Gasteiger partial charge in [0.1, 0.15) is 11.6 Å². The number of hydrogen-bond acceptors (Lipinski definition) is 2. The van der Waals surface area contributed by atoms with Gasteiger partial charge in [-0.25, -0.2) is 4.39 Å². The molecule has 0 saturated heterocycles. The summed E-state index contributed by atoms with van der Waals surface area (Å²) >= 11 is 1.32. The van der Waals surface area contributed by atoms with Gasteiger partial charge in [0.15, 0.2) is 0 Å². The van der Waals surface area contributed by atoms with Gasteiger partial charge in [-0.15, -0.1) is 11.8 Å². The molecule has 0 atom stereocenters. The zero-order chi connectivity index (χ0) is 7.56. The Labute approximate surface area is 62.9 Å². The average molecular weight is 158 g/mol. The van der Waals surface area contributed by atoms with Crippen LogP contribution in [0.25, 0.3) is 0 Å². The van der Waals surface area contributed by atoms with Crippen LogP contribution in [0.15, 0.2) is 23.1 Å². The lowest BCUT2D eigenvalue weighted by atomic mass is 10.3. The first-order valence-corrected chi connectivity index (χ1v) is 3.99. The molecule has 0 amide bonds. The maximum Gasteiger partial charge on any atom is 0.140 e. The van der Waals surface area contributed by atoms with E-state index in [1.54, 1.807) is 12.3 Å². The number of benzene rings is 1. The highest BCUT2D eigenvalue weighted by Gasteiger charge is 1.99. The lowest BCUT2D eigenvalue weighted by Gasteiger charge is -1.97. The number of rotatable bonds is 1. The SMILES string of the molecule is CSc1ccc(O)cc1F. The Morgan fingerprint density at radius 1 is 1.50 bits per heavy atom. The average Bonchev–Trinajstić information content (AvgIpc) is 1.88. The fourth-order valence-electron chi connectivity index (χ4n) is 0.655. The van der Waals surface area contributed by atoms with Crippen molar-refractivity contribution in [1.29, 1.82) is 0 Å². The molecule has 1 aromatic carbocycles. The summed E-state index contributed by atoms with van der Waals surface area (Å²) in [6.07, 6.45) is 1.79. The molecule has 0 aliphatic heterocycles. The first kappa shape index (κ1) is 7.41. The van der Waals surface area contributed by atoms with E-state index >= 15 is 0 Å². The van der Waals surface area contributed by atoms with Crippen molar-refractivity contribution in [3.05, 3.63) is 24.0 Å². The Balaban J connectivity index is 3.07. The molecular weight excluding hydrogens is 151 g/mol. The van der Waals surface area contributed by atoms with E-state index in [0.717, 1.165) is 6.07 Å². The van der Waals surface area contributed by atoms with Gasteiger partial charge in [0.2, 0.25) is 0 Å². The molecular formula is C7H7FOS. The van der Waals surface area contributed by atoms with Gasteiger partial charge in [0.25, 0.3) is 0 Å². The molecule has 0 aliphatic carbocycles. The molecule has 0 aromatic heterocycles. The van der Waals surface area contributed by atoms with E-state index in [1.807, 2.05) is 0 Å². The Bertz CT molecular complexity index is 237. The Morgan fingerprint density at radius 2 is 2.20 bits per heavy atom. The van der Waals surface area contributed by atoms with Crippen LogP contribution in [0.5, 0.6) is 5.75 Å². The summed E-state index contributed by atoms with van der Waals surface area (Å²) in [7, 11) is 0. The minimum atomic E-state index is -0.368. The molecule has 0 aliphatic rings. The maximum atomic E-state index is 12.7. The molecule has 0 fully saturated rings. The summed E-state index contributed by atoms with van der Waals surface area (Å²) in [6.45, 7) is 0. The van der Waals surface area contributed by atoms with Gasteiger partial charge in [-0.2, -0.15) is 0 Å². The van der Waals surface area contributed by atoms with E-state index in [2.05, 4.69) is 0 Å².